The number of hydrogen-bond donors (Lipinski definition) is 3. The topological polar surface area (TPSA) is 101 Å². The van der Waals surface area contributed by atoms with E-state index in [2.05, 4.69) is 25.9 Å². The first-order chi connectivity index (χ1) is 9.97. The molecule has 0 spiro atoms. The molecule has 2 aromatic rings. The van der Waals surface area contributed by atoms with Crippen LogP contribution < -0.4 is 16.0 Å². The van der Waals surface area contributed by atoms with Crippen molar-refractivity contribution in [2.24, 2.45) is 16.1 Å². The number of hydrazine groups is 1. The lowest BCUT2D eigenvalue weighted by atomic mass is 9.91. The summed E-state index contributed by atoms with van der Waals surface area (Å²) in [4.78, 5) is 0. The highest BCUT2D eigenvalue weighted by atomic mass is 16.5. The van der Waals surface area contributed by atoms with Crippen molar-refractivity contribution in [1.29, 1.82) is 0 Å². The molecule has 0 unspecified atom stereocenters. The summed E-state index contributed by atoms with van der Waals surface area (Å²) >= 11 is 0. The molecule has 4 N–H and O–H groups in total. The number of ether oxygens (including phenoxy) is 1. The Morgan fingerprint density at radius 3 is 2.57 bits per heavy atom. The van der Waals surface area contributed by atoms with E-state index in [1.54, 1.807) is 7.11 Å². The van der Waals surface area contributed by atoms with Gasteiger partial charge in [-0.3, -0.25) is 5.10 Å². The fraction of sp³-hybridized carbons (Fsp3) is 0.357. The molecular formula is C14H20N6O. The molecule has 0 fully saturated rings. The maximum absolute atomic E-state index is 5.48. The molecule has 7 nitrogen and oxygen atoms in total. The normalized spacial score (nSPS) is 11.9. The quantitative estimate of drug-likeness (QED) is 0.456. The highest BCUT2D eigenvalue weighted by molar-refractivity contribution is 5.64. The highest BCUT2D eigenvalue weighted by Crippen LogP contribution is 2.37. The van der Waals surface area contributed by atoms with Gasteiger partial charge in [-0.2, -0.15) is 5.10 Å². The van der Waals surface area contributed by atoms with Gasteiger partial charge in [0.25, 0.3) is 0 Å². The van der Waals surface area contributed by atoms with Crippen molar-refractivity contribution in [3.05, 3.63) is 30.0 Å². The van der Waals surface area contributed by atoms with Gasteiger partial charge >= 0.3 is 0 Å². The van der Waals surface area contributed by atoms with Gasteiger partial charge in [0.2, 0.25) is 0 Å². The lowest BCUT2D eigenvalue weighted by molar-refractivity contribution is 0.416. The van der Waals surface area contributed by atoms with E-state index in [0.717, 1.165) is 5.69 Å². The molecule has 0 bridgehead atoms. The van der Waals surface area contributed by atoms with E-state index in [1.165, 1.54) is 0 Å². The van der Waals surface area contributed by atoms with Gasteiger partial charge in [-0.1, -0.05) is 32.9 Å². The summed E-state index contributed by atoms with van der Waals surface area (Å²) in [5, 5.41) is 15.6. The summed E-state index contributed by atoms with van der Waals surface area (Å²) < 4.78 is 5.25. The third-order valence-electron chi connectivity index (χ3n) is 2.94. The molecule has 7 heteroatoms. The number of hydrogen-bond acceptors (Lipinski definition) is 6. The van der Waals surface area contributed by atoms with Gasteiger partial charge < -0.3 is 10.2 Å². The second kappa shape index (κ2) is 5.92. The number of nitrogens with zero attached hydrogens (tertiary/aromatic N) is 3. The minimum Gasteiger partial charge on any atom is -0.494 e. The average Bonchev–Trinajstić information content (AvgIpc) is 2.88. The summed E-state index contributed by atoms with van der Waals surface area (Å²) in [7, 11) is 1.60. The number of anilines is 1. The van der Waals surface area contributed by atoms with Crippen LogP contribution in [0.4, 0.5) is 17.2 Å². The van der Waals surface area contributed by atoms with Crippen LogP contribution in [0.1, 0.15) is 26.5 Å². The van der Waals surface area contributed by atoms with Crippen LogP contribution in [0.15, 0.2) is 34.5 Å². The number of nitrogens with two attached hydrogens (primary N) is 1. The fourth-order valence-electron chi connectivity index (χ4n) is 1.87. The third-order valence-corrected chi connectivity index (χ3v) is 2.94. The summed E-state index contributed by atoms with van der Waals surface area (Å²) in [6, 6.07) is 7.41. The predicted molar refractivity (Wildman–Crippen MR) is 82.3 cm³/mol. The summed E-state index contributed by atoms with van der Waals surface area (Å²) in [5.74, 6) is 6.67. The zero-order valence-electron chi connectivity index (χ0n) is 12.6. The number of aromatic nitrogens is 2. The largest absolute Gasteiger partial charge is 0.494 e. The first-order valence-corrected chi connectivity index (χ1v) is 6.57. The lowest BCUT2D eigenvalue weighted by Gasteiger charge is -2.15. The Kier molecular flexibility index (Phi) is 4.23. The Morgan fingerprint density at radius 2 is 1.95 bits per heavy atom. The minimum atomic E-state index is -0.180. The van der Waals surface area contributed by atoms with E-state index in [0.29, 0.717) is 22.9 Å². The summed E-state index contributed by atoms with van der Waals surface area (Å²) in [6.45, 7) is 6.14. The Balaban J connectivity index is 2.43. The van der Waals surface area contributed by atoms with Crippen molar-refractivity contribution in [2.45, 2.75) is 26.2 Å². The molecule has 0 radical (unpaired) electrons. The number of nitrogen functional groups attached to an aromatic ring is 1. The Hall–Kier alpha value is -2.41. The van der Waals surface area contributed by atoms with Crippen molar-refractivity contribution >= 4 is 17.2 Å². The number of aromatic amines is 1. The molecule has 0 aliphatic heterocycles. The Morgan fingerprint density at radius 1 is 1.24 bits per heavy atom. The monoisotopic (exact) mass is 288 g/mol. The maximum atomic E-state index is 5.48. The fourth-order valence-corrected chi connectivity index (χ4v) is 1.87. The van der Waals surface area contributed by atoms with E-state index in [4.69, 9.17) is 10.6 Å². The van der Waals surface area contributed by atoms with E-state index in [1.807, 2.05) is 45.0 Å². The molecule has 21 heavy (non-hydrogen) atoms. The molecule has 1 aromatic carbocycles. The van der Waals surface area contributed by atoms with Crippen LogP contribution in [0.25, 0.3) is 0 Å². The third kappa shape index (κ3) is 3.19. The standard InChI is InChI=1S/C14H20N6O/c1-14(2,3)12-11(13(16-15)20-19-12)18-17-9-7-5-6-8-10(9)21-4/h5-8H,15H2,1-4H3,(H2,16,19,20)/b18-17+. The van der Waals surface area contributed by atoms with Crippen molar-refractivity contribution in [1.82, 2.24) is 10.2 Å². The van der Waals surface area contributed by atoms with E-state index < -0.39 is 0 Å². The number of methoxy groups -OCH3 is 1. The SMILES string of the molecule is COc1ccccc1/N=N/c1c(C(C)(C)C)n[nH]c1NN. The molecule has 1 aromatic heterocycles. The van der Waals surface area contributed by atoms with E-state index in [-0.39, 0.29) is 5.41 Å². The molecular weight excluding hydrogens is 268 g/mol. The van der Waals surface area contributed by atoms with Crippen LogP contribution in [0.5, 0.6) is 5.75 Å². The average molecular weight is 288 g/mol. The second-order valence-electron chi connectivity index (χ2n) is 5.56. The molecule has 0 aliphatic carbocycles. The van der Waals surface area contributed by atoms with Crippen LogP contribution >= 0.6 is 0 Å². The van der Waals surface area contributed by atoms with Gasteiger partial charge in [-0.05, 0) is 12.1 Å². The number of rotatable bonds is 4. The van der Waals surface area contributed by atoms with Crippen molar-refractivity contribution in [2.75, 3.05) is 12.5 Å². The van der Waals surface area contributed by atoms with Gasteiger partial charge in [0, 0.05) is 5.41 Å². The van der Waals surface area contributed by atoms with Crippen LogP contribution in [-0.4, -0.2) is 17.3 Å². The number of benzene rings is 1. The van der Waals surface area contributed by atoms with Crippen LogP contribution in [0.3, 0.4) is 0 Å². The first kappa shape index (κ1) is 15.0. The number of azo groups is 1. The maximum Gasteiger partial charge on any atom is 0.164 e. The summed E-state index contributed by atoms with van der Waals surface area (Å²) in [6.07, 6.45) is 0. The molecule has 112 valence electrons. The van der Waals surface area contributed by atoms with Gasteiger partial charge in [0.1, 0.15) is 11.4 Å². The molecule has 0 saturated carbocycles. The van der Waals surface area contributed by atoms with Gasteiger partial charge in [0.05, 0.1) is 12.8 Å². The molecule has 0 atom stereocenters. The zero-order valence-corrected chi connectivity index (χ0v) is 12.6. The van der Waals surface area contributed by atoms with Crippen molar-refractivity contribution < 1.29 is 4.74 Å². The second-order valence-corrected chi connectivity index (χ2v) is 5.56. The van der Waals surface area contributed by atoms with E-state index >= 15 is 0 Å². The molecule has 0 aliphatic rings. The smallest absolute Gasteiger partial charge is 0.164 e. The minimum absolute atomic E-state index is 0.180. The van der Waals surface area contributed by atoms with Crippen molar-refractivity contribution in [3.63, 3.8) is 0 Å². The zero-order chi connectivity index (χ0) is 15.5. The first-order valence-electron chi connectivity index (χ1n) is 6.57. The molecule has 1 heterocycles. The van der Waals surface area contributed by atoms with Crippen LogP contribution in [0, 0.1) is 0 Å². The lowest BCUT2D eigenvalue weighted by Crippen LogP contribution is -2.12. The predicted octanol–water partition coefficient (Wildman–Crippen LogP) is 3.42. The van der Waals surface area contributed by atoms with Gasteiger partial charge in [-0.15, -0.1) is 10.2 Å². The van der Waals surface area contributed by atoms with Gasteiger partial charge in [-0.25, -0.2) is 5.84 Å². The van der Waals surface area contributed by atoms with Crippen LogP contribution in [0.2, 0.25) is 0 Å². The molecule has 0 amide bonds. The number of para-hydroxylation sites is 1. The molecule has 0 saturated heterocycles. The summed E-state index contributed by atoms with van der Waals surface area (Å²) in [5.41, 5.74) is 4.39. The Bertz CT molecular complexity index is 641. The molecule has 2 rings (SSSR count). The highest BCUT2D eigenvalue weighted by Gasteiger charge is 2.24. The van der Waals surface area contributed by atoms with Crippen LogP contribution in [-0.2, 0) is 5.41 Å². The van der Waals surface area contributed by atoms with Gasteiger partial charge in [0.15, 0.2) is 11.5 Å². The number of H-pyrrole nitrogens is 1. The van der Waals surface area contributed by atoms with E-state index in [9.17, 15) is 0 Å². The Labute approximate surface area is 123 Å². The van der Waals surface area contributed by atoms with Crippen molar-refractivity contribution in [3.8, 4) is 5.75 Å². The number of nitrogens with one attached hydrogen (secondary N) is 2.